The third-order valence-electron chi connectivity index (χ3n) is 3.44. The lowest BCUT2D eigenvalue weighted by Gasteiger charge is -2.11. The van der Waals surface area contributed by atoms with Crippen molar-refractivity contribution in [2.24, 2.45) is 0 Å². The predicted octanol–water partition coefficient (Wildman–Crippen LogP) is 3.05. The molecular weight excluding hydrogens is 355 g/mol. The van der Waals surface area contributed by atoms with Crippen LogP contribution in [0.4, 0.5) is 13.2 Å². The summed E-state index contributed by atoms with van der Waals surface area (Å²) in [5.74, 6) is -3.68. The first-order valence-electron chi connectivity index (χ1n) is 7.15. The number of hydrogen-bond acceptors (Lipinski definition) is 6. The molecule has 136 valence electrons. The van der Waals surface area contributed by atoms with Crippen LogP contribution in [0.25, 0.3) is 0 Å². The number of rotatable bonds is 5. The van der Waals surface area contributed by atoms with Gasteiger partial charge in [0.1, 0.15) is 11.3 Å². The van der Waals surface area contributed by atoms with Crippen LogP contribution in [-0.2, 0) is 10.9 Å². The van der Waals surface area contributed by atoms with Crippen molar-refractivity contribution in [1.29, 1.82) is 0 Å². The zero-order chi connectivity index (χ0) is 19.5. The second kappa shape index (κ2) is 7.34. The monoisotopic (exact) mass is 367 g/mol. The number of aromatic nitrogens is 1. The number of ketones is 2. The number of carbonyl (C=O) groups excluding carboxylic acids is 3. The van der Waals surface area contributed by atoms with Crippen molar-refractivity contribution in [3.8, 4) is 5.75 Å². The lowest BCUT2D eigenvalue weighted by molar-refractivity contribution is -0.141. The van der Waals surface area contributed by atoms with E-state index in [1.54, 1.807) is 0 Å². The molecule has 0 aliphatic carbocycles. The molecule has 0 fully saturated rings. The number of esters is 1. The van der Waals surface area contributed by atoms with Crippen molar-refractivity contribution in [3.05, 3.63) is 58.9 Å². The summed E-state index contributed by atoms with van der Waals surface area (Å²) in [6, 6.07) is 5.67. The van der Waals surface area contributed by atoms with Gasteiger partial charge in [0.2, 0.25) is 0 Å². The lowest BCUT2D eigenvalue weighted by Crippen LogP contribution is -2.17. The van der Waals surface area contributed by atoms with Crippen LogP contribution in [0.5, 0.6) is 5.75 Å². The van der Waals surface area contributed by atoms with Crippen LogP contribution in [0.1, 0.15) is 43.2 Å². The lowest BCUT2D eigenvalue weighted by atomic mass is 9.98. The number of benzene rings is 1. The van der Waals surface area contributed by atoms with E-state index in [0.717, 1.165) is 31.5 Å². The number of Topliss-reactive ketones (excluding diaryl/α,β-unsaturated/α-hetero) is 2. The maximum Gasteiger partial charge on any atom is 0.434 e. The second-order valence-electron chi connectivity index (χ2n) is 5.11. The molecule has 0 aliphatic rings. The average molecular weight is 367 g/mol. The van der Waals surface area contributed by atoms with Crippen LogP contribution in [0.3, 0.4) is 0 Å². The number of alkyl halides is 3. The van der Waals surface area contributed by atoms with Crippen molar-refractivity contribution >= 4 is 17.5 Å². The normalized spacial score (nSPS) is 11.1. The molecule has 6 nitrogen and oxygen atoms in total. The van der Waals surface area contributed by atoms with E-state index in [-0.39, 0.29) is 11.1 Å². The molecule has 0 unspecified atom stereocenters. The van der Waals surface area contributed by atoms with Crippen LogP contribution in [-0.4, -0.2) is 34.7 Å². The van der Waals surface area contributed by atoms with Crippen LogP contribution in [0.15, 0.2) is 36.5 Å². The Morgan fingerprint density at radius 1 is 1.04 bits per heavy atom. The molecule has 0 atom stereocenters. The topological polar surface area (TPSA) is 93.6 Å². The number of aromatic hydroxyl groups is 1. The van der Waals surface area contributed by atoms with Gasteiger partial charge in [-0.05, 0) is 24.3 Å². The average Bonchev–Trinajstić information content (AvgIpc) is 2.60. The third-order valence-corrected chi connectivity index (χ3v) is 3.44. The molecule has 2 rings (SSSR count). The van der Waals surface area contributed by atoms with E-state index in [9.17, 15) is 32.7 Å². The standard InChI is InChI=1S/C17H12F3NO5/c1-26-16(25)11-5-2-4-9(14(11)24)12(22)8-13(23)10-6-3-7-21-15(10)17(18,19)20/h2-7,24H,8H2,1H3. The van der Waals surface area contributed by atoms with E-state index in [2.05, 4.69) is 9.72 Å². The molecule has 0 amide bonds. The van der Waals surface area contributed by atoms with Gasteiger partial charge >= 0.3 is 12.1 Å². The summed E-state index contributed by atoms with van der Waals surface area (Å²) in [5, 5.41) is 10.0. The van der Waals surface area contributed by atoms with Gasteiger partial charge in [-0.15, -0.1) is 0 Å². The molecule has 0 radical (unpaired) electrons. The summed E-state index contributed by atoms with van der Waals surface area (Å²) >= 11 is 0. The van der Waals surface area contributed by atoms with Crippen molar-refractivity contribution in [1.82, 2.24) is 4.98 Å². The summed E-state index contributed by atoms with van der Waals surface area (Å²) in [6.07, 6.45) is -4.91. The zero-order valence-electron chi connectivity index (χ0n) is 13.3. The number of hydrogen-bond donors (Lipinski definition) is 1. The number of nitrogens with zero attached hydrogens (tertiary/aromatic N) is 1. The molecule has 0 saturated carbocycles. The molecular formula is C17H12F3NO5. The van der Waals surface area contributed by atoms with Crippen LogP contribution in [0.2, 0.25) is 0 Å². The molecule has 1 N–H and O–H groups in total. The predicted molar refractivity (Wildman–Crippen MR) is 82.0 cm³/mol. The minimum atomic E-state index is -4.86. The largest absolute Gasteiger partial charge is 0.506 e. The van der Waals surface area contributed by atoms with Gasteiger partial charge in [-0.3, -0.25) is 14.6 Å². The molecule has 0 bridgehead atoms. The molecule has 9 heteroatoms. The SMILES string of the molecule is COC(=O)c1cccc(C(=O)CC(=O)c2cccnc2C(F)(F)F)c1O. The molecule has 1 aromatic carbocycles. The Labute approximate surface area is 145 Å². The smallest absolute Gasteiger partial charge is 0.434 e. The summed E-state index contributed by atoms with van der Waals surface area (Å²) in [5.41, 5.74) is -2.83. The highest BCUT2D eigenvalue weighted by molar-refractivity contribution is 6.15. The molecule has 0 spiro atoms. The van der Waals surface area contributed by atoms with Gasteiger partial charge in [0.15, 0.2) is 17.3 Å². The minimum absolute atomic E-state index is 0.303. The van der Waals surface area contributed by atoms with Crippen LogP contribution in [0, 0.1) is 0 Å². The van der Waals surface area contributed by atoms with Crippen molar-refractivity contribution in [2.45, 2.75) is 12.6 Å². The second-order valence-corrected chi connectivity index (χ2v) is 5.11. The third kappa shape index (κ3) is 3.88. The quantitative estimate of drug-likeness (QED) is 0.496. The maximum absolute atomic E-state index is 12.9. The Bertz CT molecular complexity index is 877. The number of ether oxygens (including phenoxy) is 1. The first-order valence-corrected chi connectivity index (χ1v) is 7.15. The Morgan fingerprint density at radius 2 is 1.62 bits per heavy atom. The van der Waals surface area contributed by atoms with Gasteiger partial charge in [0, 0.05) is 11.8 Å². The molecule has 0 saturated heterocycles. The molecule has 2 aromatic rings. The van der Waals surface area contributed by atoms with Gasteiger partial charge in [-0.25, -0.2) is 4.79 Å². The number of halogens is 3. The Kier molecular flexibility index (Phi) is 5.39. The minimum Gasteiger partial charge on any atom is -0.506 e. The van der Waals surface area contributed by atoms with Crippen LogP contribution < -0.4 is 0 Å². The Hall–Kier alpha value is -3.23. The summed E-state index contributed by atoms with van der Waals surface area (Å²) in [4.78, 5) is 39.1. The number of phenols is 1. The number of pyridine rings is 1. The fourth-order valence-electron chi connectivity index (χ4n) is 2.24. The molecule has 1 heterocycles. The first kappa shape index (κ1) is 19.1. The number of phenolic OH excluding ortho intramolecular Hbond substituents is 1. The van der Waals surface area contributed by atoms with Gasteiger partial charge in [0.05, 0.1) is 19.1 Å². The fourth-order valence-corrected chi connectivity index (χ4v) is 2.24. The van der Waals surface area contributed by atoms with E-state index >= 15 is 0 Å². The van der Waals surface area contributed by atoms with Gasteiger partial charge in [-0.2, -0.15) is 13.2 Å². The summed E-state index contributed by atoms with van der Waals surface area (Å²) < 4.78 is 43.2. The molecule has 0 aliphatic heterocycles. The van der Waals surface area contributed by atoms with E-state index in [0.29, 0.717) is 0 Å². The molecule has 26 heavy (non-hydrogen) atoms. The van der Waals surface area contributed by atoms with E-state index in [1.807, 2.05) is 0 Å². The van der Waals surface area contributed by atoms with Gasteiger partial charge in [0.25, 0.3) is 0 Å². The van der Waals surface area contributed by atoms with E-state index < -0.39 is 47.1 Å². The van der Waals surface area contributed by atoms with E-state index in [1.165, 1.54) is 12.1 Å². The van der Waals surface area contributed by atoms with E-state index in [4.69, 9.17) is 0 Å². The van der Waals surface area contributed by atoms with Crippen molar-refractivity contribution < 1.29 is 37.4 Å². The molecule has 1 aromatic heterocycles. The number of carbonyl (C=O) groups is 3. The van der Waals surface area contributed by atoms with Gasteiger partial charge < -0.3 is 9.84 Å². The van der Waals surface area contributed by atoms with Crippen molar-refractivity contribution in [3.63, 3.8) is 0 Å². The Balaban J connectivity index is 2.32. The maximum atomic E-state index is 12.9. The highest BCUT2D eigenvalue weighted by Crippen LogP contribution is 2.31. The van der Waals surface area contributed by atoms with Crippen LogP contribution >= 0.6 is 0 Å². The highest BCUT2D eigenvalue weighted by atomic mass is 19.4. The highest BCUT2D eigenvalue weighted by Gasteiger charge is 2.37. The number of para-hydroxylation sites is 1. The fraction of sp³-hybridized carbons (Fsp3) is 0.176. The van der Waals surface area contributed by atoms with Crippen molar-refractivity contribution in [2.75, 3.05) is 7.11 Å². The zero-order valence-corrected chi connectivity index (χ0v) is 13.3. The summed E-state index contributed by atoms with van der Waals surface area (Å²) in [6.45, 7) is 0. The first-order chi connectivity index (χ1) is 12.2. The number of methoxy groups -OCH3 is 1. The van der Waals surface area contributed by atoms with Gasteiger partial charge in [-0.1, -0.05) is 6.07 Å². The summed E-state index contributed by atoms with van der Waals surface area (Å²) in [7, 11) is 1.07. The Morgan fingerprint density at radius 3 is 2.23 bits per heavy atom.